The Labute approximate surface area is 136 Å². The number of halogens is 1. The average Bonchev–Trinajstić information content (AvgIpc) is 2.99. The highest BCUT2D eigenvalue weighted by atomic mass is 35.5. The Balaban J connectivity index is 1.60. The van der Waals surface area contributed by atoms with Crippen molar-refractivity contribution in [2.45, 2.75) is 0 Å². The molecule has 2 aromatic heterocycles. The molecule has 6 nitrogen and oxygen atoms in total. The largest absolute Gasteiger partial charge is 0.451 e. The summed E-state index contributed by atoms with van der Waals surface area (Å²) in [7, 11) is 0. The predicted molar refractivity (Wildman–Crippen MR) is 86.5 cm³/mol. The minimum atomic E-state index is -0.603. The van der Waals surface area contributed by atoms with Crippen molar-refractivity contribution in [2.75, 3.05) is 11.9 Å². The summed E-state index contributed by atoms with van der Waals surface area (Å²) < 4.78 is 4.99. The molecular formula is C16H12ClN3O3. The number of rotatable bonds is 4. The lowest BCUT2D eigenvalue weighted by Gasteiger charge is -2.06. The molecule has 0 saturated heterocycles. The van der Waals surface area contributed by atoms with Gasteiger partial charge in [0.15, 0.2) is 11.8 Å². The Kier molecular flexibility index (Phi) is 4.25. The van der Waals surface area contributed by atoms with Crippen LogP contribution in [0.15, 0.2) is 48.7 Å². The summed E-state index contributed by atoms with van der Waals surface area (Å²) in [5.74, 6) is -1.10. The number of aromatic amines is 1. The van der Waals surface area contributed by atoms with Crippen LogP contribution < -0.4 is 5.32 Å². The second-order valence-corrected chi connectivity index (χ2v) is 5.09. The van der Waals surface area contributed by atoms with Crippen molar-refractivity contribution in [1.29, 1.82) is 0 Å². The molecular weight excluding hydrogens is 318 g/mol. The van der Waals surface area contributed by atoms with E-state index in [9.17, 15) is 9.59 Å². The lowest BCUT2D eigenvalue weighted by Crippen LogP contribution is -2.21. The Morgan fingerprint density at radius 1 is 1.22 bits per heavy atom. The van der Waals surface area contributed by atoms with Crippen molar-refractivity contribution < 1.29 is 14.3 Å². The van der Waals surface area contributed by atoms with Gasteiger partial charge in [0, 0.05) is 17.1 Å². The zero-order valence-corrected chi connectivity index (χ0v) is 12.6. The zero-order chi connectivity index (χ0) is 16.2. The van der Waals surface area contributed by atoms with E-state index < -0.39 is 18.5 Å². The number of fused-ring (bicyclic) bond motifs is 1. The topological polar surface area (TPSA) is 84.1 Å². The number of nitrogens with one attached hydrogen (secondary N) is 2. The molecule has 23 heavy (non-hydrogen) atoms. The van der Waals surface area contributed by atoms with Crippen LogP contribution in [0.2, 0.25) is 5.15 Å². The third-order valence-electron chi connectivity index (χ3n) is 3.12. The first-order valence-corrected chi connectivity index (χ1v) is 7.16. The number of nitrogens with zero attached hydrogens (tertiary/aromatic N) is 1. The maximum atomic E-state index is 12.0. The second-order valence-electron chi connectivity index (χ2n) is 4.74. The fourth-order valence-electron chi connectivity index (χ4n) is 2.06. The van der Waals surface area contributed by atoms with Crippen LogP contribution in [0.5, 0.6) is 0 Å². The molecule has 0 saturated carbocycles. The fraction of sp³-hybridized carbons (Fsp3) is 0.0625. The maximum absolute atomic E-state index is 12.0. The van der Waals surface area contributed by atoms with E-state index in [0.29, 0.717) is 11.4 Å². The highest BCUT2D eigenvalue weighted by Gasteiger charge is 2.13. The van der Waals surface area contributed by atoms with Gasteiger partial charge in [-0.1, -0.05) is 29.8 Å². The molecule has 0 radical (unpaired) electrons. The lowest BCUT2D eigenvalue weighted by atomic mass is 10.2. The minimum Gasteiger partial charge on any atom is -0.451 e. The van der Waals surface area contributed by atoms with Crippen LogP contribution >= 0.6 is 11.6 Å². The number of aromatic nitrogens is 2. The van der Waals surface area contributed by atoms with Crippen LogP contribution in [-0.4, -0.2) is 28.5 Å². The third kappa shape index (κ3) is 3.49. The number of H-pyrrole nitrogens is 1. The van der Waals surface area contributed by atoms with Crippen LogP contribution in [-0.2, 0) is 9.53 Å². The number of esters is 1. The highest BCUT2D eigenvalue weighted by Crippen LogP contribution is 2.17. The molecule has 116 valence electrons. The summed E-state index contributed by atoms with van der Waals surface area (Å²) in [4.78, 5) is 30.5. The van der Waals surface area contributed by atoms with Gasteiger partial charge in [-0.15, -0.1) is 0 Å². The number of ether oxygens (including phenoxy) is 1. The quantitative estimate of drug-likeness (QED) is 0.569. The highest BCUT2D eigenvalue weighted by molar-refractivity contribution is 6.32. The molecule has 0 atom stereocenters. The number of amides is 1. The molecule has 2 N–H and O–H groups in total. The van der Waals surface area contributed by atoms with Crippen LogP contribution in [0, 0.1) is 0 Å². The molecule has 0 unspecified atom stereocenters. The fourth-order valence-corrected chi connectivity index (χ4v) is 2.22. The summed E-state index contributed by atoms with van der Waals surface area (Å²) in [5.41, 5.74) is 1.48. The monoisotopic (exact) mass is 329 g/mol. The van der Waals surface area contributed by atoms with E-state index in [1.807, 2.05) is 24.3 Å². The minimum absolute atomic E-state index is 0.169. The van der Waals surface area contributed by atoms with Crippen LogP contribution in [0.4, 0.5) is 5.69 Å². The van der Waals surface area contributed by atoms with E-state index in [0.717, 1.165) is 10.9 Å². The van der Waals surface area contributed by atoms with Crippen molar-refractivity contribution in [3.05, 3.63) is 59.5 Å². The van der Waals surface area contributed by atoms with Crippen LogP contribution in [0.1, 0.15) is 10.5 Å². The van der Waals surface area contributed by atoms with Crippen molar-refractivity contribution in [3.8, 4) is 0 Å². The molecule has 1 aromatic carbocycles. The smallest absolute Gasteiger partial charge is 0.355 e. The molecule has 0 aliphatic carbocycles. The Bertz CT molecular complexity index is 843. The molecule has 0 fully saturated rings. The van der Waals surface area contributed by atoms with Crippen molar-refractivity contribution in [2.24, 2.45) is 0 Å². The summed E-state index contributed by atoms with van der Waals surface area (Å²) in [6.07, 6.45) is 1.51. The van der Waals surface area contributed by atoms with Gasteiger partial charge in [0.05, 0.1) is 5.69 Å². The van der Waals surface area contributed by atoms with Crippen molar-refractivity contribution in [1.82, 2.24) is 9.97 Å². The Morgan fingerprint density at radius 2 is 2.04 bits per heavy atom. The number of benzene rings is 1. The summed E-state index contributed by atoms with van der Waals surface area (Å²) >= 11 is 5.83. The molecule has 7 heteroatoms. The molecule has 1 amide bonds. The average molecular weight is 330 g/mol. The molecule has 0 aliphatic heterocycles. The van der Waals surface area contributed by atoms with E-state index >= 15 is 0 Å². The molecule has 0 spiro atoms. The number of anilines is 1. The molecule has 3 aromatic rings. The van der Waals surface area contributed by atoms with Gasteiger partial charge in [-0.25, -0.2) is 9.78 Å². The first-order chi connectivity index (χ1) is 11.1. The van der Waals surface area contributed by atoms with Gasteiger partial charge in [-0.2, -0.15) is 0 Å². The van der Waals surface area contributed by atoms with E-state index in [4.69, 9.17) is 16.3 Å². The summed E-state index contributed by atoms with van der Waals surface area (Å²) in [6.45, 7) is -0.417. The van der Waals surface area contributed by atoms with Gasteiger partial charge < -0.3 is 15.0 Å². The number of pyridine rings is 1. The molecule has 2 heterocycles. The van der Waals surface area contributed by atoms with Crippen molar-refractivity contribution >= 4 is 40.1 Å². The number of hydrogen-bond donors (Lipinski definition) is 2. The number of carbonyl (C=O) groups is 2. The van der Waals surface area contributed by atoms with Gasteiger partial charge >= 0.3 is 5.97 Å². The van der Waals surface area contributed by atoms with E-state index in [1.165, 1.54) is 6.20 Å². The predicted octanol–water partition coefficient (Wildman–Crippen LogP) is 3.01. The van der Waals surface area contributed by atoms with E-state index in [1.54, 1.807) is 18.2 Å². The van der Waals surface area contributed by atoms with Gasteiger partial charge in [0.25, 0.3) is 5.91 Å². The van der Waals surface area contributed by atoms with Gasteiger partial charge in [-0.3, -0.25) is 4.79 Å². The Hall–Kier alpha value is -2.86. The summed E-state index contributed by atoms with van der Waals surface area (Å²) in [5, 5.41) is 3.59. The first kappa shape index (κ1) is 15.1. The first-order valence-electron chi connectivity index (χ1n) is 6.79. The number of para-hydroxylation sites is 1. The zero-order valence-electron chi connectivity index (χ0n) is 11.9. The van der Waals surface area contributed by atoms with E-state index in [-0.39, 0.29) is 5.15 Å². The van der Waals surface area contributed by atoms with E-state index in [2.05, 4.69) is 15.3 Å². The molecule has 3 rings (SSSR count). The number of hydrogen-bond acceptors (Lipinski definition) is 4. The normalized spacial score (nSPS) is 10.5. The summed E-state index contributed by atoms with van der Waals surface area (Å²) in [6, 6.07) is 12.4. The van der Waals surface area contributed by atoms with Crippen LogP contribution in [0.25, 0.3) is 10.9 Å². The maximum Gasteiger partial charge on any atom is 0.355 e. The molecule has 0 bridgehead atoms. The SMILES string of the molecule is O=C(COC(=O)c1cc2ccccc2[nH]1)Nc1cccnc1Cl. The third-order valence-corrected chi connectivity index (χ3v) is 3.42. The van der Waals surface area contributed by atoms with Gasteiger partial charge in [-0.05, 0) is 24.3 Å². The van der Waals surface area contributed by atoms with Gasteiger partial charge in [0.2, 0.25) is 0 Å². The molecule has 0 aliphatic rings. The van der Waals surface area contributed by atoms with Gasteiger partial charge in [0.1, 0.15) is 5.69 Å². The van der Waals surface area contributed by atoms with Crippen molar-refractivity contribution in [3.63, 3.8) is 0 Å². The van der Waals surface area contributed by atoms with Crippen LogP contribution in [0.3, 0.4) is 0 Å². The Morgan fingerprint density at radius 3 is 2.83 bits per heavy atom. The number of carbonyl (C=O) groups excluding carboxylic acids is 2. The lowest BCUT2D eigenvalue weighted by molar-refractivity contribution is -0.119. The second kappa shape index (κ2) is 6.50. The standard InChI is InChI=1S/C16H12ClN3O3/c17-15-12(6-3-7-18-15)20-14(21)9-23-16(22)13-8-10-4-1-2-5-11(10)19-13/h1-8,19H,9H2,(H,20,21).